The van der Waals surface area contributed by atoms with Gasteiger partial charge in [0.2, 0.25) is 0 Å². The molecule has 3 N–H and O–H groups in total. The fourth-order valence-electron chi connectivity index (χ4n) is 3.93. The molecule has 7 heteroatoms. The largest absolute Gasteiger partial charge is 0.494 e. The number of nitrogens with two attached hydrogens (primary N) is 1. The third kappa shape index (κ3) is 6.02. The van der Waals surface area contributed by atoms with Gasteiger partial charge >= 0.3 is 0 Å². The van der Waals surface area contributed by atoms with Crippen LogP contribution >= 0.6 is 0 Å². The second kappa shape index (κ2) is 10.8. The zero-order valence-electron chi connectivity index (χ0n) is 18.6. The highest BCUT2D eigenvalue weighted by Crippen LogP contribution is 2.23. The number of aryl methyl sites for hydroxylation is 2. The van der Waals surface area contributed by atoms with Crippen LogP contribution in [0.2, 0.25) is 0 Å². The van der Waals surface area contributed by atoms with Gasteiger partial charge in [-0.1, -0.05) is 30.3 Å². The van der Waals surface area contributed by atoms with Gasteiger partial charge in [0.15, 0.2) is 0 Å². The summed E-state index contributed by atoms with van der Waals surface area (Å²) in [6.07, 6.45) is 8.69. The Morgan fingerprint density at radius 2 is 1.94 bits per heavy atom. The zero-order chi connectivity index (χ0) is 23.0. The lowest BCUT2D eigenvalue weighted by Gasteiger charge is -2.13. The summed E-state index contributed by atoms with van der Waals surface area (Å²) in [6, 6.07) is 18.8. The van der Waals surface area contributed by atoms with Crippen LogP contribution in [0.5, 0.6) is 5.75 Å². The van der Waals surface area contributed by atoms with E-state index in [1.54, 1.807) is 0 Å². The fraction of sp³-hybridized carbons (Fsp3) is 0.308. The van der Waals surface area contributed by atoms with E-state index < -0.39 is 12.1 Å². The van der Waals surface area contributed by atoms with Crippen molar-refractivity contribution in [1.82, 2.24) is 14.1 Å². The average molecular weight is 447 g/mol. The standard InChI is InChI=1S/C26H30N4O3/c27-26(32)23-18-30(19-28-23)25(31)10-6-14-29-15-13-21-11-12-22(17-24(21)29)33-16-5-4-9-20-7-2-1-3-8-20/h1-3,7-8,11-13,15,17-19,25,31H,4-6,9-10,14,16H2,(H2,27,32). The van der Waals surface area contributed by atoms with E-state index in [1.165, 1.54) is 22.7 Å². The summed E-state index contributed by atoms with van der Waals surface area (Å²) in [4.78, 5) is 15.1. The number of aliphatic hydroxyl groups excluding tert-OH is 1. The van der Waals surface area contributed by atoms with Crippen molar-refractivity contribution in [2.45, 2.75) is 44.9 Å². The number of ether oxygens (including phenoxy) is 1. The lowest BCUT2D eigenvalue weighted by Crippen LogP contribution is -2.12. The van der Waals surface area contributed by atoms with Crippen LogP contribution in [0.4, 0.5) is 0 Å². The Bertz CT molecular complexity index is 1180. The molecule has 0 saturated carbocycles. The maximum absolute atomic E-state index is 11.2. The summed E-state index contributed by atoms with van der Waals surface area (Å²) >= 11 is 0. The number of aromatic nitrogens is 3. The molecule has 4 aromatic rings. The zero-order valence-corrected chi connectivity index (χ0v) is 18.6. The summed E-state index contributed by atoms with van der Waals surface area (Å²) in [5.74, 6) is 0.272. The molecule has 0 aliphatic carbocycles. The van der Waals surface area contributed by atoms with Gasteiger partial charge in [-0.25, -0.2) is 4.98 Å². The van der Waals surface area contributed by atoms with Crippen LogP contribution in [-0.2, 0) is 13.0 Å². The maximum Gasteiger partial charge on any atom is 0.268 e. The number of hydrogen-bond donors (Lipinski definition) is 2. The first-order valence-electron chi connectivity index (χ1n) is 11.4. The SMILES string of the molecule is NC(=O)c1cn(C(O)CCCn2ccc3ccc(OCCCCc4ccccc4)cc32)cn1. The number of primary amides is 1. The number of nitrogens with zero attached hydrogens (tertiary/aromatic N) is 3. The van der Waals surface area contributed by atoms with Crippen LogP contribution in [0.1, 0.15) is 48.0 Å². The van der Waals surface area contributed by atoms with Gasteiger partial charge in [0.25, 0.3) is 5.91 Å². The first kappa shape index (κ1) is 22.6. The topological polar surface area (TPSA) is 95.3 Å². The number of benzene rings is 2. The molecule has 0 bridgehead atoms. The van der Waals surface area contributed by atoms with Crippen molar-refractivity contribution in [3.63, 3.8) is 0 Å². The summed E-state index contributed by atoms with van der Waals surface area (Å²) in [6.45, 7) is 1.46. The Labute approximate surface area is 193 Å². The van der Waals surface area contributed by atoms with Gasteiger partial charge in [-0.15, -0.1) is 0 Å². The summed E-state index contributed by atoms with van der Waals surface area (Å²) in [7, 11) is 0. The molecule has 2 aromatic heterocycles. The molecule has 2 aromatic carbocycles. The maximum atomic E-state index is 11.2. The normalized spacial score (nSPS) is 12.2. The number of rotatable bonds is 12. The van der Waals surface area contributed by atoms with Gasteiger partial charge in [0, 0.05) is 25.0 Å². The molecule has 0 fully saturated rings. The highest BCUT2D eigenvalue weighted by molar-refractivity contribution is 5.90. The Morgan fingerprint density at radius 3 is 2.73 bits per heavy atom. The number of aliphatic hydroxyl groups is 1. The predicted molar refractivity (Wildman–Crippen MR) is 128 cm³/mol. The molecule has 0 aliphatic heterocycles. The van der Waals surface area contributed by atoms with Crippen molar-refractivity contribution in [2.75, 3.05) is 6.61 Å². The van der Waals surface area contributed by atoms with Crippen LogP contribution < -0.4 is 10.5 Å². The second-order valence-electron chi connectivity index (χ2n) is 8.21. The third-order valence-corrected chi connectivity index (χ3v) is 5.78. The minimum Gasteiger partial charge on any atom is -0.494 e. The van der Waals surface area contributed by atoms with E-state index in [0.717, 1.165) is 48.9 Å². The molecule has 1 amide bonds. The third-order valence-electron chi connectivity index (χ3n) is 5.78. The highest BCUT2D eigenvalue weighted by atomic mass is 16.5. The average Bonchev–Trinajstić information content (AvgIpc) is 3.47. The first-order chi connectivity index (χ1) is 16.1. The number of amides is 1. The molecule has 0 aliphatic rings. The number of unbranched alkanes of at least 4 members (excludes halogenated alkanes) is 1. The van der Waals surface area contributed by atoms with Crippen molar-refractivity contribution in [1.29, 1.82) is 0 Å². The van der Waals surface area contributed by atoms with Crippen molar-refractivity contribution in [3.8, 4) is 5.75 Å². The molecule has 33 heavy (non-hydrogen) atoms. The smallest absolute Gasteiger partial charge is 0.268 e. The molecule has 7 nitrogen and oxygen atoms in total. The Kier molecular flexibility index (Phi) is 7.42. The van der Waals surface area contributed by atoms with E-state index in [1.807, 2.05) is 12.1 Å². The molecule has 1 unspecified atom stereocenters. The van der Waals surface area contributed by atoms with Crippen molar-refractivity contribution < 1.29 is 14.6 Å². The molecule has 4 rings (SSSR count). The lowest BCUT2D eigenvalue weighted by molar-refractivity contribution is 0.0905. The van der Waals surface area contributed by atoms with E-state index >= 15 is 0 Å². The molecule has 172 valence electrons. The van der Waals surface area contributed by atoms with Gasteiger partial charge < -0.3 is 24.7 Å². The van der Waals surface area contributed by atoms with Gasteiger partial charge in [0.05, 0.1) is 18.5 Å². The van der Waals surface area contributed by atoms with Gasteiger partial charge in [-0.05, 0) is 61.3 Å². The molecule has 0 spiro atoms. The lowest BCUT2D eigenvalue weighted by atomic mass is 10.1. The van der Waals surface area contributed by atoms with Gasteiger partial charge in [-0.2, -0.15) is 0 Å². The van der Waals surface area contributed by atoms with Crippen molar-refractivity contribution in [3.05, 3.63) is 84.6 Å². The summed E-state index contributed by atoms with van der Waals surface area (Å²) in [5.41, 5.74) is 7.85. The van der Waals surface area contributed by atoms with E-state index in [4.69, 9.17) is 10.5 Å². The van der Waals surface area contributed by atoms with Crippen molar-refractivity contribution in [2.24, 2.45) is 5.73 Å². The van der Waals surface area contributed by atoms with Gasteiger partial charge in [0.1, 0.15) is 17.7 Å². The molecular weight excluding hydrogens is 416 g/mol. The van der Waals surface area contributed by atoms with E-state index in [9.17, 15) is 9.90 Å². The Balaban J connectivity index is 1.26. The molecule has 2 heterocycles. The van der Waals surface area contributed by atoms with E-state index in [-0.39, 0.29) is 5.69 Å². The van der Waals surface area contributed by atoms with E-state index in [2.05, 4.69) is 58.2 Å². The van der Waals surface area contributed by atoms with Crippen molar-refractivity contribution >= 4 is 16.8 Å². The monoisotopic (exact) mass is 446 g/mol. The molecule has 0 radical (unpaired) electrons. The second-order valence-corrected chi connectivity index (χ2v) is 8.21. The number of fused-ring (bicyclic) bond motifs is 1. The minimum atomic E-state index is -0.748. The van der Waals surface area contributed by atoms with Crippen LogP contribution in [-0.4, -0.2) is 31.7 Å². The summed E-state index contributed by atoms with van der Waals surface area (Å²) < 4.78 is 9.68. The van der Waals surface area contributed by atoms with Crippen LogP contribution in [0.15, 0.2) is 73.3 Å². The minimum absolute atomic E-state index is 0.151. The number of carbonyl (C=O) groups excluding carboxylic acids is 1. The molecule has 1 atom stereocenters. The van der Waals surface area contributed by atoms with Crippen LogP contribution in [0.25, 0.3) is 10.9 Å². The molecular formula is C26H30N4O3. The Morgan fingerprint density at radius 1 is 1.09 bits per heavy atom. The van der Waals surface area contributed by atoms with Gasteiger partial charge in [-0.3, -0.25) is 4.79 Å². The number of hydrogen-bond acceptors (Lipinski definition) is 4. The fourth-order valence-corrected chi connectivity index (χ4v) is 3.93. The summed E-state index contributed by atoms with van der Waals surface area (Å²) in [5, 5.41) is 11.5. The number of imidazole rings is 1. The van der Waals surface area contributed by atoms with E-state index in [0.29, 0.717) is 13.0 Å². The Hall–Kier alpha value is -3.58. The quantitative estimate of drug-likeness (QED) is 0.317. The number of carbonyl (C=O) groups is 1. The van der Waals surface area contributed by atoms with Crippen LogP contribution in [0, 0.1) is 0 Å². The predicted octanol–water partition coefficient (Wildman–Crippen LogP) is 4.31. The highest BCUT2D eigenvalue weighted by Gasteiger charge is 2.11. The first-order valence-corrected chi connectivity index (χ1v) is 11.4. The van der Waals surface area contributed by atoms with Crippen LogP contribution in [0.3, 0.4) is 0 Å². The molecule has 0 saturated heterocycles.